The van der Waals surface area contributed by atoms with Gasteiger partial charge in [0.25, 0.3) is 5.91 Å². The Labute approximate surface area is 110 Å². The molecule has 2 fully saturated rings. The topological polar surface area (TPSA) is 46.6 Å². The molecule has 2 aliphatic rings. The first-order valence-corrected chi connectivity index (χ1v) is 9.58. The molecule has 102 valence electrons. The number of amides is 2. The van der Waals surface area contributed by atoms with E-state index >= 15 is 0 Å². The van der Waals surface area contributed by atoms with Crippen LogP contribution in [0.15, 0.2) is 0 Å². The molecule has 2 rings (SSSR count). The minimum absolute atomic E-state index is 0.0219. The van der Waals surface area contributed by atoms with E-state index in [1.807, 2.05) is 0 Å². The van der Waals surface area contributed by atoms with Crippen LogP contribution >= 0.6 is 0 Å². The van der Waals surface area contributed by atoms with Crippen LogP contribution in [-0.4, -0.2) is 37.2 Å². The summed E-state index contributed by atoms with van der Waals surface area (Å²) in [5, 5.41) is 0.0876. The zero-order valence-corrected chi connectivity index (χ0v) is 12.9. The van der Waals surface area contributed by atoms with Crippen LogP contribution in [0.1, 0.15) is 40.0 Å². The maximum absolute atomic E-state index is 12.2. The molecule has 0 radical (unpaired) electrons. The molecule has 2 saturated heterocycles. The largest absolute Gasteiger partial charge is 0.405 e. The van der Waals surface area contributed by atoms with Crippen molar-refractivity contribution in [2.75, 3.05) is 0 Å². The van der Waals surface area contributed by atoms with Crippen LogP contribution in [0.4, 0.5) is 0 Å². The minimum Gasteiger partial charge on any atom is -0.405 e. The smallest absolute Gasteiger partial charge is 0.257 e. The van der Waals surface area contributed by atoms with E-state index in [0.717, 1.165) is 6.42 Å². The van der Waals surface area contributed by atoms with Crippen LogP contribution in [-0.2, 0) is 14.0 Å². The lowest BCUT2D eigenvalue weighted by atomic mass is 10.1. The van der Waals surface area contributed by atoms with Gasteiger partial charge in [-0.15, -0.1) is 0 Å². The van der Waals surface area contributed by atoms with Gasteiger partial charge in [-0.1, -0.05) is 20.8 Å². The van der Waals surface area contributed by atoms with Crippen molar-refractivity contribution < 1.29 is 14.0 Å². The van der Waals surface area contributed by atoms with Gasteiger partial charge in [-0.2, -0.15) is 0 Å². The van der Waals surface area contributed by atoms with Crippen LogP contribution in [0.25, 0.3) is 0 Å². The second-order valence-electron chi connectivity index (χ2n) is 6.90. The van der Waals surface area contributed by atoms with Crippen LogP contribution in [0, 0.1) is 0 Å². The van der Waals surface area contributed by atoms with Crippen LogP contribution in [0.3, 0.4) is 0 Å². The Balaban J connectivity index is 2.09. The molecule has 2 amide bonds. The van der Waals surface area contributed by atoms with Gasteiger partial charge in [-0.25, -0.2) is 0 Å². The Morgan fingerprint density at radius 2 is 1.89 bits per heavy atom. The summed E-state index contributed by atoms with van der Waals surface area (Å²) in [4.78, 5) is 25.3. The highest BCUT2D eigenvalue weighted by atomic mass is 28.4. The van der Waals surface area contributed by atoms with E-state index < -0.39 is 8.32 Å². The van der Waals surface area contributed by atoms with Gasteiger partial charge in [-0.3, -0.25) is 14.5 Å². The number of hydrogen-bond acceptors (Lipinski definition) is 3. The number of carbonyl (C=O) groups is 2. The van der Waals surface area contributed by atoms with Crippen LogP contribution < -0.4 is 0 Å². The number of imide groups is 1. The van der Waals surface area contributed by atoms with Crippen molar-refractivity contribution in [2.24, 2.45) is 0 Å². The van der Waals surface area contributed by atoms with Gasteiger partial charge in [0.1, 0.15) is 6.10 Å². The van der Waals surface area contributed by atoms with E-state index in [1.165, 1.54) is 4.90 Å². The first-order chi connectivity index (χ1) is 8.13. The summed E-state index contributed by atoms with van der Waals surface area (Å²) < 4.78 is 6.16. The van der Waals surface area contributed by atoms with Crippen molar-refractivity contribution in [1.29, 1.82) is 0 Å². The molecule has 2 aliphatic heterocycles. The lowest BCUT2D eigenvalue weighted by Gasteiger charge is -2.37. The summed E-state index contributed by atoms with van der Waals surface area (Å²) >= 11 is 0. The van der Waals surface area contributed by atoms with Crippen molar-refractivity contribution >= 4 is 20.1 Å². The van der Waals surface area contributed by atoms with E-state index in [-0.39, 0.29) is 29.0 Å². The van der Waals surface area contributed by atoms with Crippen LogP contribution in [0.5, 0.6) is 0 Å². The Morgan fingerprint density at radius 3 is 2.39 bits per heavy atom. The van der Waals surface area contributed by atoms with Crippen molar-refractivity contribution in [1.82, 2.24) is 4.90 Å². The molecule has 2 atom stereocenters. The molecule has 18 heavy (non-hydrogen) atoms. The zero-order chi connectivity index (χ0) is 13.7. The fourth-order valence-corrected chi connectivity index (χ4v) is 3.67. The van der Waals surface area contributed by atoms with E-state index in [4.69, 9.17) is 4.43 Å². The molecule has 0 aromatic carbocycles. The van der Waals surface area contributed by atoms with Gasteiger partial charge in [-0.05, 0) is 24.6 Å². The third-order valence-electron chi connectivity index (χ3n) is 4.57. The minimum atomic E-state index is -1.94. The predicted molar refractivity (Wildman–Crippen MR) is 71.6 cm³/mol. The van der Waals surface area contributed by atoms with Crippen molar-refractivity contribution in [3.8, 4) is 0 Å². The molecule has 0 aromatic rings. The molecule has 0 N–H and O–H groups in total. The van der Waals surface area contributed by atoms with Gasteiger partial charge in [0, 0.05) is 18.9 Å². The molecule has 0 aliphatic carbocycles. The van der Waals surface area contributed by atoms with Crippen molar-refractivity contribution in [3.05, 3.63) is 0 Å². The SMILES string of the molecule is CC(C)(C)[Si](C)(C)O[C@@H]1C[C@@H]2CCC(=O)N2C1=O. The van der Waals surface area contributed by atoms with E-state index in [2.05, 4.69) is 33.9 Å². The standard InChI is InChI=1S/C13H23NO3Si/c1-13(2,3)18(4,5)17-10-8-9-6-7-11(15)14(9)12(10)16/h9-10H,6-8H2,1-5H3/t9-,10+/m0/s1. The molecule has 2 heterocycles. The lowest BCUT2D eigenvalue weighted by Crippen LogP contribution is -2.46. The third-order valence-corrected chi connectivity index (χ3v) is 9.05. The van der Waals surface area contributed by atoms with Crippen LogP contribution in [0.2, 0.25) is 18.1 Å². The number of fused-ring (bicyclic) bond motifs is 1. The van der Waals surface area contributed by atoms with Crippen molar-refractivity contribution in [2.45, 2.75) is 70.3 Å². The molecule has 4 nitrogen and oxygen atoms in total. The quantitative estimate of drug-likeness (QED) is 0.571. The highest BCUT2D eigenvalue weighted by molar-refractivity contribution is 6.74. The highest BCUT2D eigenvalue weighted by Gasteiger charge is 2.50. The summed E-state index contributed by atoms with van der Waals surface area (Å²) in [6.45, 7) is 10.8. The zero-order valence-electron chi connectivity index (χ0n) is 11.9. The Kier molecular flexibility index (Phi) is 3.18. The number of rotatable bonds is 2. The first kappa shape index (κ1) is 13.7. The normalized spacial score (nSPS) is 29.1. The van der Waals surface area contributed by atoms with Gasteiger partial charge >= 0.3 is 0 Å². The molecule has 5 heteroatoms. The number of nitrogens with zero attached hydrogens (tertiary/aromatic N) is 1. The predicted octanol–water partition coefficient (Wildman–Crippen LogP) is 2.30. The second kappa shape index (κ2) is 4.16. The monoisotopic (exact) mass is 269 g/mol. The first-order valence-electron chi connectivity index (χ1n) is 6.67. The fraction of sp³-hybridized carbons (Fsp3) is 0.846. The molecule has 0 saturated carbocycles. The number of hydrogen-bond donors (Lipinski definition) is 0. The fourth-order valence-electron chi connectivity index (χ4n) is 2.40. The Morgan fingerprint density at radius 1 is 1.28 bits per heavy atom. The Bertz CT molecular complexity index is 386. The summed E-state index contributed by atoms with van der Waals surface area (Å²) in [7, 11) is -1.94. The second-order valence-corrected chi connectivity index (χ2v) is 11.7. The third kappa shape index (κ3) is 2.14. The number of carbonyl (C=O) groups excluding carboxylic acids is 2. The summed E-state index contributed by atoms with van der Waals surface area (Å²) in [6, 6.07) is 0.0970. The van der Waals surface area contributed by atoms with Gasteiger partial charge < -0.3 is 4.43 Å². The van der Waals surface area contributed by atoms with E-state index in [9.17, 15) is 9.59 Å². The average molecular weight is 269 g/mol. The maximum atomic E-state index is 12.2. The molecule has 0 spiro atoms. The Hall–Kier alpha value is -0.683. The van der Waals surface area contributed by atoms with Gasteiger partial charge in [0.15, 0.2) is 8.32 Å². The summed E-state index contributed by atoms with van der Waals surface area (Å²) in [5.41, 5.74) is 0. The van der Waals surface area contributed by atoms with Crippen molar-refractivity contribution in [3.63, 3.8) is 0 Å². The molecule has 0 aromatic heterocycles. The molecular formula is C13H23NO3Si. The van der Waals surface area contributed by atoms with Gasteiger partial charge in [0.05, 0.1) is 0 Å². The molecule has 0 bridgehead atoms. The molecular weight excluding hydrogens is 246 g/mol. The highest BCUT2D eigenvalue weighted by Crippen LogP contribution is 2.40. The van der Waals surface area contributed by atoms with Gasteiger partial charge in [0.2, 0.25) is 5.91 Å². The van der Waals surface area contributed by atoms with E-state index in [1.54, 1.807) is 0 Å². The maximum Gasteiger partial charge on any atom is 0.257 e. The lowest BCUT2D eigenvalue weighted by molar-refractivity contribution is -0.143. The van der Waals surface area contributed by atoms with E-state index in [0.29, 0.717) is 12.8 Å². The summed E-state index contributed by atoms with van der Waals surface area (Å²) in [5.74, 6) is -0.126. The molecule has 0 unspecified atom stereocenters. The average Bonchev–Trinajstić information content (AvgIpc) is 2.69. The summed E-state index contributed by atoms with van der Waals surface area (Å²) in [6.07, 6.45) is 1.63.